The number of nitrogens with zero attached hydrogens (tertiary/aromatic N) is 1. The van der Waals surface area contributed by atoms with Gasteiger partial charge in [-0.05, 0) is 62.3 Å². The molecule has 0 N–H and O–H groups in total. The number of benzene rings is 1. The monoisotopic (exact) mass is 397 g/mol. The number of hydrogen-bond acceptors (Lipinski definition) is 4. The van der Waals surface area contributed by atoms with Gasteiger partial charge in [0.05, 0.1) is 17.3 Å². The molecule has 0 aliphatic carbocycles. The second-order valence-corrected chi connectivity index (χ2v) is 11.1. The SMILES string of the molecule is Cc1cc(C)c(C)c(SCC(=O)N(CC(C)C)C2CCS(=O)(=O)C2)c1C. The summed E-state index contributed by atoms with van der Waals surface area (Å²) < 4.78 is 23.7. The van der Waals surface area contributed by atoms with Crippen molar-refractivity contribution in [2.75, 3.05) is 23.8 Å². The van der Waals surface area contributed by atoms with Crippen molar-refractivity contribution < 1.29 is 13.2 Å². The topological polar surface area (TPSA) is 54.5 Å². The van der Waals surface area contributed by atoms with E-state index >= 15 is 0 Å². The molecule has 0 bridgehead atoms. The van der Waals surface area contributed by atoms with Gasteiger partial charge in [0, 0.05) is 17.5 Å². The van der Waals surface area contributed by atoms with Gasteiger partial charge < -0.3 is 4.90 Å². The molecular formula is C20H31NO3S2. The fraction of sp³-hybridized carbons (Fsp3) is 0.650. The molecule has 0 aromatic heterocycles. The van der Waals surface area contributed by atoms with Gasteiger partial charge in [-0.2, -0.15) is 0 Å². The minimum atomic E-state index is -3.00. The van der Waals surface area contributed by atoms with E-state index in [-0.39, 0.29) is 23.5 Å². The van der Waals surface area contributed by atoms with Crippen molar-refractivity contribution in [3.05, 3.63) is 28.3 Å². The summed E-state index contributed by atoms with van der Waals surface area (Å²) in [4.78, 5) is 15.9. The molecule has 0 saturated carbocycles. The van der Waals surface area contributed by atoms with Crippen molar-refractivity contribution in [3.63, 3.8) is 0 Å². The van der Waals surface area contributed by atoms with E-state index in [0.717, 1.165) is 0 Å². The predicted molar refractivity (Wildman–Crippen MR) is 110 cm³/mol. The fourth-order valence-electron chi connectivity index (χ4n) is 3.48. The van der Waals surface area contributed by atoms with Crippen LogP contribution in [0.25, 0.3) is 0 Å². The number of hydrogen-bond donors (Lipinski definition) is 0. The largest absolute Gasteiger partial charge is 0.338 e. The van der Waals surface area contributed by atoms with Crippen LogP contribution < -0.4 is 0 Å². The minimum Gasteiger partial charge on any atom is -0.338 e. The molecule has 2 rings (SSSR count). The highest BCUT2D eigenvalue weighted by Gasteiger charge is 2.34. The van der Waals surface area contributed by atoms with Crippen LogP contribution in [0.5, 0.6) is 0 Å². The van der Waals surface area contributed by atoms with E-state index in [9.17, 15) is 13.2 Å². The van der Waals surface area contributed by atoms with E-state index in [4.69, 9.17) is 0 Å². The van der Waals surface area contributed by atoms with E-state index in [1.807, 2.05) is 4.90 Å². The Hall–Kier alpha value is -1.01. The van der Waals surface area contributed by atoms with Crippen LogP contribution in [-0.4, -0.2) is 49.1 Å². The highest BCUT2D eigenvalue weighted by atomic mass is 32.2. The van der Waals surface area contributed by atoms with Crippen LogP contribution in [-0.2, 0) is 14.6 Å². The number of amides is 1. The lowest BCUT2D eigenvalue weighted by molar-refractivity contribution is -0.130. The Morgan fingerprint density at radius 2 is 1.77 bits per heavy atom. The van der Waals surface area contributed by atoms with E-state index in [1.165, 1.54) is 27.1 Å². The zero-order valence-corrected chi connectivity index (χ0v) is 18.4. The van der Waals surface area contributed by atoms with Crippen LogP contribution >= 0.6 is 11.8 Å². The number of aryl methyl sites for hydroxylation is 2. The fourth-order valence-corrected chi connectivity index (χ4v) is 6.40. The number of carbonyl (C=O) groups excluding carboxylic acids is 1. The average Bonchev–Trinajstić information content (AvgIpc) is 2.90. The first-order chi connectivity index (χ1) is 12.0. The summed E-state index contributed by atoms with van der Waals surface area (Å²) in [5.41, 5.74) is 4.93. The summed E-state index contributed by atoms with van der Waals surface area (Å²) in [6.45, 7) is 13.1. The van der Waals surface area contributed by atoms with Crippen LogP contribution in [0.3, 0.4) is 0 Å². The Bertz CT molecular complexity index is 758. The van der Waals surface area contributed by atoms with Crippen LogP contribution in [0.15, 0.2) is 11.0 Å². The van der Waals surface area contributed by atoms with Gasteiger partial charge in [-0.1, -0.05) is 19.9 Å². The quantitative estimate of drug-likeness (QED) is 0.687. The van der Waals surface area contributed by atoms with Gasteiger partial charge in [0.15, 0.2) is 9.84 Å². The van der Waals surface area contributed by atoms with Gasteiger partial charge in [-0.3, -0.25) is 4.79 Å². The Morgan fingerprint density at radius 3 is 2.23 bits per heavy atom. The average molecular weight is 398 g/mol. The van der Waals surface area contributed by atoms with Crippen molar-refractivity contribution in [3.8, 4) is 0 Å². The maximum Gasteiger partial charge on any atom is 0.233 e. The number of sulfone groups is 1. The predicted octanol–water partition coefficient (Wildman–Crippen LogP) is 3.68. The zero-order valence-electron chi connectivity index (χ0n) is 16.8. The summed E-state index contributed by atoms with van der Waals surface area (Å²) in [7, 11) is -3.00. The first kappa shape index (κ1) is 21.3. The Kier molecular flexibility index (Phi) is 6.83. The lowest BCUT2D eigenvalue weighted by atomic mass is 10.0. The zero-order chi connectivity index (χ0) is 19.6. The molecule has 0 radical (unpaired) electrons. The summed E-state index contributed by atoms with van der Waals surface area (Å²) in [6, 6.07) is 2.02. The second kappa shape index (κ2) is 8.34. The Labute approximate surface area is 162 Å². The van der Waals surface area contributed by atoms with Crippen molar-refractivity contribution in [2.24, 2.45) is 5.92 Å². The number of carbonyl (C=O) groups is 1. The van der Waals surface area contributed by atoms with E-state index < -0.39 is 9.84 Å². The van der Waals surface area contributed by atoms with Crippen LogP contribution in [0.1, 0.15) is 42.5 Å². The highest BCUT2D eigenvalue weighted by Crippen LogP contribution is 2.31. The number of thioether (sulfide) groups is 1. The summed E-state index contributed by atoms with van der Waals surface area (Å²) in [5.74, 6) is 1.02. The van der Waals surface area contributed by atoms with E-state index in [0.29, 0.717) is 24.6 Å². The molecule has 1 unspecified atom stereocenters. The van der Waals surface area contributed by atoms with Crippen LogP contribution in [0, 0.1) is 33.6 Å². The third-order valence-electron chi connectivity index (χ3n) is 5.17. The molecule has 146 valence electrons. The molecular weight excluding hydrogens is 366 g/mol. The molecule has 26 heavy (non-hydrogen) atoms. The van der Waals surface area contributed by atoms with E-state index in [1.54, 1.807) is 11.8 Å². The molecule has 0 spiro atoms. The molecule has 1 aromatic carbocycles. The van der Waals surface area contributed by atoms with Crippen LogP contribution in [0.2, 0.25) is 0 Å². The third-order valence-corrected chi connectivity index (χ3v) is 8.21. The molecule has 1 heterocycles. The third kappa shape index (κ3) is 5.03. The standard InChI is InChI=1S/C20H31NO3S2/c1-13(2)10-21(18-7-8-26(23,24)12-18)19(22)11-25-20-16(5)14(3)9-15(4)17(20)6/h9,13,18H,7-8,10-12H2,1-6H3. The molecule has 1 aliphatic heterocycles. The minimum absolute atomic E-state index is 0.0451. The Morgan fingerprint density at radius 1 is 1.19 bits per heavy atom. The maximum atomic E-state index is 13.0. The lowest BCUT2D eigenvalue weighted by Crippen LogP contribution is -2.44. The smallest absolute Gasteiger partial charge is 0.233 e. The molecule has 6 heteroatoms. The van der Waals surface area contributed by atoms with Gasteiger partial charge in [0.2, 0.25) is 5.91 Å². The maximum absolute atomic E-state index is 13.0. The lowest BCUT2D eigenvalue weighted by Gasteiger charge is -2.30. The molecule has 4 nitrogen and oxygen atoms in total. The van der Waals surface area contributed by atoms with Crippen molar-refractivity contribution in [2.45, 2.75) is 58.9 Å². The second-order valence-electron chi connectivity index (χ2n) is 7.87. The molecule has 1 saturated heterocycles. The summed E-state index contributed by atoms with van der Waals surface area (Å²) in [6.07, 6.45) is 0.563. The summed E-state index contributed by atoms with van der Waals surface area (Å²) >= 11 is 1.58. The molecule has 1 aromatic rings. The van der Waals surface area contributed by atoms with Crippen molar-refractivity contribution in [1.82, 2.24) is 4.90 Å². The Balaban J connectivity index is 2.16. The van der Waals surface area contributed by atoms with Gasteiger partial charge in [0.25, 0.3) is 0 Å². The highest BCUT2D eigenvalue weighted by molar-refractivity contribution is 8.00. The van der Waals surface area contributed by atoms with Gasteiger partial charge in [-0.15, -0.1) is 11.8 Å². The van der Waals surface area contributed by atoms with Crippen molar-refractivity contribution in [1.29, 1.82) is 0 Å². The van der Waals surface area contributed by atoms with Crippen molar-refractivity contribution >= 4 is 27.5 Å². The number of rotatable bonds is 6. The van der Waals surface area contributed by atoms with Gasteiger partial charge in [0.1, 0.15) is 0 Å². The normalized spacial score (nSPS) is 19.1. The van der Waals surface area contributed by atoms with E-state index in [2.05, 4.69) is 47.6 Å². The summed E-state index contributed by atoms with van der Waals surface area (Å²) in [5, 5.41) is 0. The first-order valence-corrected chi connectivity index (χ1v) is 12.0. The molecule has 1 aliphatic rings. The van der Waals surface area contributed by atoms with Crippen LogP contribution in [0.4, 0.5) is 0 Å². The molecule has 1 fully saturated rings. The van der Waals surface area contributed by atoms with Gasteiger partial charge in [-0.25, -0.2) is 8.42 Å². The first-order valence-electron chi connectivity index (χ1n) is 9.22. The van der Waals surface area contributed by atoms with Gasteiger partial charge >= 0.3 is 0 Å². The molecule has 1 amide bonds. The molecule has 1 atom stereocenters.